The van der Waals surface area contributed by atoms with Crippen LogP contribution in [0.2, 0.25) is 0 Å². The Morgan fingerprint density at radius 3 is 2.23 bits per heavy atom. The zero-order valence-electron chi connectivity index (χ0n) is 7.82. The van der Waals surface area contributed by atoms with Crippen LogP contribution in [0.25, 0.3) is 0 Å². The van der Waals surface area contributed by atoms with E-state index >= 15 is 0 Å². The molecule has 0 radical (unpaired) electrons. The summed E-state index contributed by atoms with van der Waals surface area (Å²) in [5.41, 5.74) is 1.15. The van der Waals surface area contributed by atoms with Crippen LogP contribution in [-0.2, 0) is 38.1 Å². The Bertz CT molecular complexity index is 224. The Balaban J connectivity index is 2.34. The molecular formula is C9H13O3Zr. The quantitative estimate of drug-likeness (QED) is 0.809. The Morgan fingerprint density at radius 1 is 1.08 bits per heavy atom. The van der Waals surface area contributed by atoms with E-state index in [1.54, 1.807) is 14.2 Å². The van der Waals surface area contributed by atoms with E-state index < -0.39 is 23.1 Å². The molecule has 1 rings (SSSR count). The Labute approximate surface area is 88.2 Å². The second-order valence-corrected chi connectivity index (χ2v) is 6.38. The van der Waals surface area contributed by atoms with Crippen molar-refractivity contribution in [2.75, 3.05) is 14.2 Å². The molecule has 0 aliphatic rings. The van der Waals surface area contributed by atoms with Gasteiger partial charge in [-0.1, -0.05) is 0 Å². The van der Waals surface area contributed by atoms with Gasteiger partial charge in [0.25, 0.3) is 0 Å². The van der Waals surface area contributed by atoms with E-state index in [0.29, 0.717) is 6.61 Å². The van der Waals surface area contributed by atoms with Crippen LogP contribution >= 0.6 is 0 Å². The first-order valence-electron chi connectivity index (χ1n) is 3.98. The van der Waals surface area contributed by atoms with E-state index in [0.717, 1.165) is 5.56 Å². The Hall–Kier alpha value is -0.0169. The van der Waals surface area contributed by atoms with Gasteiger partial charge in [-0.15, -0.1) is 0 Å². The van der Waals surface area contributed by atoms with Crippen LogP contribution in [0, 0.1) is 0 Å². The van der Waals surface area contributed by atoms with Gasteiger partial charge in [0.15, 0.2) is 0 Å². The van der Waals surface area contributed by atoms with Crippen molar-refractivity contribution in [3.05, 3.63) is 35.9 Å². The van der Waals surface area contributed by atoms with Gasteiger partial charge in [0.2, 0.25) is 0 Å². The topological polar surface area (TPSA) is 27.7 Å². The summed E-state index contributed by atoms with van der Waals surface area (Å²) in [6.45, 7) is 0.581. The minimum absolute atomic E-state index is 0.581. The fourth-order valence-electron chi connectivity index (χ4n) is 0.918. The van der Waals surface area contributed by atoms with Gasteiger partial charge in [0.1, 0.15) is 0 Å². The van der Waals surface area contributed by atoms with Crippen LogP contribution in [0.1, 0.15) is 5.56 Å². The molecule has 3 nitrogen and oxygen atoms in total. The molecule has 1 aromatic rings. The van der Waals surface area contributed by atoms with Crippen molar-refractivity contribution in [2.45, 2.75) is 6.61 Å². The summed E-state index contributed by atoms with van der Waals surface area (Å²) in [5, 5.41) is 0. The van der Waals surface area contributed by atoms with Crippen LogP contribution < -0.4 is 0 Å². The van der Waals surface area contributed by atoms with Gasteiger partial charge < -0.3 is 0 Å². The molecule has 0 aromatic heterocycles. The summed E-state index contributed by atoms with van der Waals surface area (Å²) in [5.74, 6) is 0. The van der Waals surface area contributed by atoms with Gasteiger partial charge in [0, 0.05) is 0 Å². The first-order valence-corrected chi connectivity index (χ1v) is 6.99. The van der Waals surface area contributed by atoms with E-state index in [2.05, 4.69) is 0 Å². The van der Waals surface area contributed by atoms with Crippen molar-refractivity contribution in [1.82, 2.24) is 0 Å². The third kappa shape index (κ3) is 4.14. The first kappa shape index (κ1) is 11.1. The molecule has 0 saturated carbocycles. The van der Waals surface area contributed by atoms with Crippen molar-refractivity contribution < 1.29 is 31.5 Å². The molecule has 0 atom stereocenters. The van der Waals surface area contributed by atoms with Crippen LogP contribution in [-0.4, -0.2) is 14.2 Å². The summed E-state index contributed by atoms with van der Waals surface area (Å²) >= 11 is -2.39. The molecule has 0 amide bonds. The van der Waals surface area contributed by atoms with Crippen molar-refractivity contribution in [2.24, 2.45) is 0 Å². The van der Waals surface area contributed by atoms with Gasteiger partial charge in [0.05, 0.1) is 0 Å². The molecule has 0 spiro atoms. The molecule has 0 fully saturated rings. The molecule has 0 N–H and O–H groups in total. The molecule has 0 heterocycles. The maximum absolute atomic E-state index is 5.48. The normalized spacial score (nSPS) is 10.0. The van der Waals surface area contributed by atoms with Gasteiger partial charge in [-0.2, -0.15) is 0 Å². The molecule has 0 aliphatic heterocycles. The monoisotopic (exact) mass is 259 g/mol. The predicted molar refractivity (Wildman–Crippen MR) is 45.2 cm³/mol. The second kappa shape index (κ2) is 6.44. The van der Waals surface area contributed by atoms with E-state index in [9.17, 15) is 0 Å². The van der Waals surface area contributed by atoms with E-state index in [4.69, 9.17) is 8.44 Å². The molecule has 0 bridgehead atoms. The average Bonchev–Trinajstić information content (AvgIpc) is 2.21. The van der Waals surface area contributed by atoms with E-state index in [-0.39, 0.29) is 0 Å². The number of hydrogen-bond acceptors (Lipinski definition) is 3. The van der Waals surface area contributed by atoms with Crippen LogP contribution in [0.4, 0.5) is 0 Å². The number of hydrogen-bond donors (Lipinski definition) is 0. The number of benzene rings is 1. The van der Waals surface area contributed by atoms with Crippen LogP contribution in [0.3, 0.4) is 0 Å². The molecule has 71 valence electrons. The fraction of sp³-hybridized carbons (Fsp3) is 0.333. The predicted octanol–water partition coefficient (Wildman–Crippen LogP) is 1.86. The molecule has 1 aromatic carbocycles. The minimum atomic E-state index is -2.39. The van der Waals surface area contributed by atoms with E-state index in [1.165, 1.54) is 0 Å². The zero-order valence-corrected chi connectivity index (χ0v) is 10.3. The molecule has 0 saturated heterocycles. The summed E-state index contributed by atoms with van der Waals surface area (Å²) in [4.78, 5) is 0. The average molecular weight is 260 g/mol. The molecule has 0 unspecified atom stereocenters. The third-order valence-corrected chi connectivity index (χ3v) is 4.11. The Kier molecular flexibility index (Phi) is 5.48. The molecule has 13 heavy (non-hydrogen) atoms. The summed E-state index contributed by atoms with van der Waals surface area (Å²) in [7, 11) is 3.26. The van der Waals surface area contributed by atoms with E-state index in [1.807, 2.05) is 30.3 Å². The van der Waals surface area contributed by atoms with Crippen LogP contribution in [0.5, 0.6) is 0 Å². The Morgan fingerprint density at radius 2 is 1.69 bits per heavy atom. The standard InChI is InChI=1S/C7H7O.2CH3O.Zr/c8-6-7-4-2-1-3-5-7;2*1-2;/h1-5H,6H2;2*1H3;/q3*-1;+3. The van der Waals surface area contributed by atoms with Crippen LogP contribution in [0.15, 0.2) is 30.3 Å². The van der Waals surface area contributed by atoms with Crippen molar-refractivity contribution in [1.29, 1.82) is 0 Å². The first-order chi connectivity index (χ1) is 6.36. The van der Waals surface area contributed by atoms with Gasteiger partial charge >= 0.3 is 88.2 Å². The maximum atomic E-state index is 5.48. The summed E-state index contributed by atoms with van der Waals surface area (Å²) in [6.07, 6.45) is 0. The second-order valence-electron chi connectivity index (χ2n) is 2.43. The van der Waals surface area contributed by atoms with Crippen molar-refractivity contribution >= 4 is 0 Å². The molecule has 4 heteroatoms. The van der Waals surface area contributed by atoms with Crippen molar-refractivity contribution in [3.63, 3.8) is 0 Å². The molecular weight excluding hydrogens is 247 g/mol. The van der Waals surface area contributed by atoms with Gasteiger partial charge in [-0.05, 0) is 0 Å². The number of rotatable bonds is 5. The van der Waals surface area contributed by atoms with Gasteiger partial charge in [-0.3, -0.25) is 0 Å². The zero-order chi connectivity index (χ0) is 9.52. The van der Waals surface area contributed by atoms with Crippen molar-refractivity contribution in [3.8, 4) is 0 Å². The van der Waals surface area contributed by atoms with Gasteiger partial charge in [-0.25, -0.2) is 0 Å². The third-order valence-electron chi connectivity index (χ3n) is 1.53. The fourth-order valence-corrected chi connectivity index (χ4v) is 2.61. The summed E-state index contributed by atoms with van der Waals surface area (Å²) in [6, 6.07) is 10.00. The summed E-state index contributed by atoms with van der Waals surface area (Å²) < 4.78 is 15.6. The molecule has 0 aliphatic carbocycles. The SMILES string of the molecule is C[O][Zr]([O]C)[O]Cc1ccccc1.